The molecule has 0 atom stereocenters. The minimum atomic E-state index is -0.672. The molecule has 0 spiro atoms. The fourth-order valence-electron chi connectivity index (χ4n) is 3.72. The van der Waals surface area contributed by atoms with Gasteiger partial charge in [-0.2, -0.15) is 0 Å². The number of nitrogens with one attached hydrogen (secondary N) is 1. The Hall–Kier alpha value is -3.85. The molecule has 5 aromatic rings. The molecule has 0 saturated carbocycles. The summed E-state index contributed by atoms with van der Waals surface area (Å²) in [7, 11) is 3.41. The average Bonchev–Trinajstić information content (AvgIpc) is 3.38. The second-order valence-corrected chi connectivity index (χ2v) is 8.66. The molecule has 166 valence electrons. The predicted molar refractivity (Wildman–Crippen MR) is 126 cm³/mol. The van der Waals surface area contributed by atoms with Gasteiger partial charge in [0.2, 0.25) is 0 Å². The van der Waals surface area contributed by atoms with E-state index in [1.807, 2.05) is 31.3 Å². The van der Waals surface area contributed by atoms with Crippen LogP contribution in [0.5, 0.6) is 5.75 Å². The van der Waals surface area contributed by atoms with Crippen molar-refractivity contribution >= 4 is 33.9 Å². The van der Waals surface area contributed by atoms with Gasteiger partial charge < -0.3 is 14.6 Å². The molecule has 1 N–H and O–H groups in total. The van der Waals surface area contributed by atoms with Crippen LogP contribution in [-0.2, 0) is 7.05 Å². The number of rotatable bonds is 5. The van der Waals surface area contributed by atoms with Gasteiger partial charge in [-0.1, -0.05) is 0 Å². The number of ether oxygens (including phenoxy) is 1. The number of hydrogen-bond acceptors (Lipinski definition) is 6. The van der Waals surface area contributed by atoms with Crippen molar-refractivity contribution in [2.45, 2.75) is 6.92 Å². The molecule has 0 unspecified atom stereocenters. The Morgan fingerprint density at radius 1 is 1.03 bits per heavy atom. The Morgan fingerprint density at radius 3 is 2.58 bits per heavy atom. The van der Waals surface area contributed by atoms with E-state index in [0.717, 1.165) is 32.7 Å². The van der Waals surface area contributed by atoms with E-state index in [2.05, 4.69) is 20.3 Å². The predicted octanol–water partition coefficient (Wildman–Crippen LogP) is 6.10. The summed E-state index contributed by atoms with van der Waals surface area (Å²) in [4.78, 5) is 14.4. The third-order valence-corrected chi connectivity index (χ3v) is 6.27. The van der Waals surface area contributed by atoms with Crippen LogP contribution in [0.25, 0.3) is 32.9 Å². The fraction of sp³-hybridized carbons (Fsp3) is 0.125. The van der Waals surface area contributed by atoms with E-state index in [1.54, 1.807) is 42.3 Å². The molecule has 6 nitrogen and oxygen atoms in total. The van der Waals surface area contributed by atoms with Crippen LogP contribution in [-0.4, -0.2) is 26.6 Å². The van der Waals surface area contributed by atoms with Gasteiger partial charge in [0.15, 0.2) is 5.82 Å². The first-order valence-electron chi connectivity index (χ1n) is 10.1. The van der Waals surface area contributed by atoms with Crippen molar-refractivity contribution in [3.8, 4) is 27.6 Å². The molecular weight excluding hydrogens is 444 g/mol. The quantitative estimate of drug-likeness (QED) is 0.341. The lowest BCUT2D eigenvalue weighted by molar-refractivity contribution is 0.417. The van der Waals surface area contributed by atoms with Crippen LogP contribution in [0.3, 0.4) is 0 Å². The molecule has 5 rings (SSSR count). The summed E-state index contributed by atoms with van der Waals surface area (Å²) < 4.78 is 35.2. The van der Waals surface area contributed by atoms with Crippen LogP contribution in [0.2, 0.25) is 0 Å². The number of hydrogen-bond donors (Lipinski definition) is 1. The number of imidazole rings is 1. The van der Waals surface area contributed by atoms with E-state index in [4.69, 9.17) is 4.74 Å². The van der Waals surface area contributed by atoms with Crippen molar-refractivity contribution in [1.29, 1.82) is 0 Å². The Kier molecular flexibility index (Phi) is 5.26. The van der Waals surface area contributed by atoms with E-state index in [-0.39, 0.29) is 5.56 Å². The highest BCUT2D eigenvalue weighted by Gasteiger charge is 2.18. The smallest absolute Gasteiger partial charge is 0.158 e. The molecule has 0 bridgehead atoms. The molecule has 0 aliphatic rings. The maximum absolute atomic E-state index is 14.4. The lowest BCUT2D eigenvalue weighted by Gasteiger charge is -2.11. The molecule has 33 heavy (non-hydrogen) atoms. The molecule has 0 aliphatic heterocycles. The number of anilines is 2. The van der Waals surface area contributed by atoms with Crippen LogP contribution >= 0.6 is 11.3 Å². The van der Waals surface area contributed by atoms with Gasteiger partial charge in [0.05, 0.1) is 28.1 Å². The van der Waals surface area contributed by atoms with Gasteiger partial charge in [-0.25, -0.2) is 23.7 Å². The Morgan fingerprint density at radius 2 is 1.85 bits per heavy atom. The first-order chi connectivity index (χ1) is 15.9. The maximum Gasteiger partial charge on any atom is 0.158 e. The maximum atomic E-state index is 14.4. The molecule has 0 fully saturated rings. The number of aryl methyl sites for hydroxylation is 2. The van der Waals surface area contributed by atoms with Crippen molar-refractivity contribution < 1.29 is 13.5 Å². The molecular formula is C24H19F2N5OS. The number of halogens is 2. The van der Waals surface area contributed by atoms with E-state index >= 15 is 0 Å². The highest BCUT2D eigenvalue weighted by Crippen LogP contribution is 2.37. The van der Waals surface area contributed by atoms with Gasteiger partial charge in [-0.3, -0.25) is 0 Å². The summed E-state index contributed by atoms with van der Waals surface area (Å²) in [5, 5.41) is 4.27. The highest BCUT2D eigenvalue weighted by atomic mass is 32.1. The Balaban J connectivity index is 1.54. The zero-order valence-electron chi connectivity index (χ0n) is 18.1. The first-order valence-corrected chi connectivity index (χ1v) is 10.9. The molecule has 3 aromatic heterocycles. The number of pyridine rings is 1. The number of aromatic nitrogens is 4. The van der Waals surface area contributed by atoms with E-state index < -0.39 is 11.6 Å². The average molecular weight is 464 g/mol. The fourth-order valence-corrected chi connectivity index (χ4v) is 4.53. The SMILES string of the molecule is COc1cc(Nc2nccc3c2nc(-c2ccc(F)cc2F)n3C)ccc1-c1cnc(C)s1. The van der Waals surface area contributed by atoms with E-state index in [1.165, 1.54) is 12.1 Å². The summed E-state index contributed by atoms with van der Waals surface area (Å²) >= 11 is 1.60. The topological polar surface area (TPSA) is 64.9 Å². The van der Waals surface area contributed by atoms with E-state index in [0.29, 0.717) is 22.9 Å². The molecule has 0 saturated heterocycles. The standard InChI is InChI=1S/C24H19F2N5OS/c1-13-28-12-21(33-13)17-7-5-15(11-20(17)32-3)29-23-22-19(8-9-27-23)31(2)24(30-22)16-6-4-14(25)10-18(16)26/h4-12H,1-3H3,(H,27,29). The van der Waals surface area contributed by atoms with Crippen molar-refractivity contribution in [3.63, 3.8) is 0 Å². The third kappa shape index (κ3) is 3.80. The molecule has 0 radical (unpaired) electrons. The summed E-state index contributed by atoms with van der Waals surface area (Å²) in [6, 6.07) is 11.0. The lowest BCUT2D eigenvalue weighted by Crippen LogP contribution is -1.96. The third-order valence-electron chi connectivity index (χ3n) is 5.32. The number of thiazole rings is 1. The molecule has 0 amide bonds. The summed E-state index contributed by atoms with van der Waals surface area (Å²) in [6.45, 7) is 1.96. The highest BCUT2D eigenvalue weighted by molar-refractivity contribution is 7.15. The van der Waals surface area contributed by atoms with Crippen LogP contribution in [0.1, 0.15) is 5.01 Å². The zero-order valence-corrected chi connectivity index (χ0v) is 18.9. The normalized spacial score (nSPS) is 11.2. The second kappa shape index (κ2) is 8.25. The van der Waals surface area contributed by atoms with Crippen LogP contribution in [0.4, 0.5) is 20.3 Å². The molecule has 0 aliphatic carbocycles. The van der Waals surface area contributed by atoms with Crippen molar-refractivity contribution in [2.75, 3.05) is 12.4 Å². The Bertz CT molecular complexity index is 1490. The zero-order chi connectivity index (χ0) is 23.1. The number of nitrogens with zero attached hydrogens (tertiary/aromatic N) is 4. The van der Waals surface area contributed by atoms with Crippen molar-refractivity contribution in [2.24, 2.45) is 7.05 Å². The van der Waals surface area contributed by atoms with Gasteiger partial charge in [-0.15, -0.1) is 11.3 Å². The van der Waals surface area contributed by atoms with E-state index in [9.17, 15) is 8.78 Å². The minimum Gasteiger partial charge on any atom is -0.496 e. The summed E-state index contributed by atoms with van der Waals surface area (Å²) in [5.74, 6) is 0.290. The second-order valence-electron chi connectivity index (χ2n) is 7.43. The number of fused-ring (bicyclic) bond motifs is 1. The Labute approximate surface area is 192 Å². The summed E-state index contributed by atoms with van der Waals surface area (Å²) in [6.07, 6.45) is 3.49. The largest absolute Gasteiger partial charge is 0.496 e. The van der Waals surface area contributed by atoms with Crippen LogP contribution in [0.15, 0.2) is 54.9 Å². The van der Waals surface area contributed by atoms with Crippen molar-refractivity contribution in [3.05, 3.63) is 71.5 Å². The van der Waals surface area contributed by atoms with Gasteiger partial charge in [0.25, 0.3) is 0 Å². The molecule has 9 heteroatoms. The van der Waals surface area contributed by atoms with Gasteiger partial charge in [0.1, 0.15) is 28.7 Å². The monoisotopic (exact) mass is 463 g/mol. The minimum absolute atomic E-state index is 0.215. The summed E-state index contributed by atoms with van der Waals surface area (Å²) in [5.41, 5.74) is 3.26. The van der Waals surface area contributed by atoms with Crippen LogP contribution < -0.4 is 10.1 Å². The van der Waals surface area contributed by atoms with Gasteiger partial charge in [0, 0.05) is 42.8 Å². The van der Waals surface area contributed by atoms with Gasteiger partial charge >= 0.3 is 0 Å². The van der Waals surface area contributed by atoms with Gasteiger partial charge in [-0.05, 0) is 37.3 Å². The molecule has 2 aromatic carbocycles. The first kappa shape index (κ1) is 21.0. The molecule has 3 heterocycles. The van der Waals surface area contributed by atoms with Crippen molar-refractivity contribution in [1.82, 2.24) is 19.5 Å². The lowest BCUT2D eigenvalue weighted by atomic mass is 10.1. The number of benzene rings is 2. The van der Waals surface area contributed by atoms with Crippen LogP contribution in [0, 0.1) is 18.6 Å². The number of methoxy groups -OCH3 is 1.